The number of nitrogens with one attached hydrogen (secondary N) is 1. The van der Waals surface area contributed by atoms with E-state index in [1.54, 1.807) is 4.57 Å². The quantitative estimate of drug-likeness (QED) is 0.482. The van der Waals surface area contributed by atoms with Crippen molar-refractivity contribution >= 4 is 17.1 Å². The molecule has 0 saturated carbocycles. The predicted octanol–water partition coefficient (Wildman–Crippen LogP) is 4.26. The summed E-state index contributed by atoms with van der Waals surface area (Å²) in [7, 11) is 0. The van der Waals surface area contributed by atoms with Crippen LogP contribution >= 0.6 is 0 Å². The molecule has 1 aliphatic rings. The minimum atomic E-state index is -0.425. The molecule has 1 unspecified atom stereocenters. The number of H-pyrrole nitrogens is 1. The molecule has 2 aromatic heterocycles. The SMILES string of the molecule is CCCCn1c(=O)[nH]c(=O)c2c1nc(CCC(=O)N1CCCC1c1ccc(C)c(C)c1)n2CC(C)C. The van der Waals surface area contributed by atoms with E-state index in [-0.39, 0.29) is 17.9 Å². The topological polar surface area (TPSA) is 93.0 Å². The molecule has 1 saturated heterocycles. The fourth-order valence-electron chi connectivity index (χ4n) is 5.24. The highest BCUT2D eigenvalue weighted by molar-refractivity contribution is 5.77. The lowest BCUT2D eigenvalue weighted by atomic mass is 9.99. The highest BCUT2D eigenvalue weighted by Crippen LogP contribution is 2.33. The number of carbonyl (C=O) groups excluding carboxylic acids is 1. The van der Waals surface area contributed by atoms with Crippen LogP contribution in [0.15, 0.2) is 27.8 Å². The Hall–Kier alpha value is -3.16. The summed E-state index contributed by atoms with van der Waals surface area (Å²) in [6.45, 7) is 12.3. The van der Waals surface area contributed by atoms with Crippen molar-refractivity contribution in [3.63, 3.8) is 0 Å². The van der Waals surface area contributed by atoms with Gasteiger partial charge in [-0.05, 0) is 55.7 Å². The zero-order valence-electron chi connectivity index (χ0n) is 22.3. The minimum Gasteiger partial charge on any atom is -0.336 e. The molecule has 36 heavy (non-hydrogen) atoms. The van der Waals surface area contributed by atoms with E-state index < -0.39 is 11.2 Å². The highest BCUT2D eigenvalue weighted by Gasteiger charge is 2.30. The smallest absolute Gasteiger partial charge is 0.330 e. The second-order valence-corrected chi connectivity index (χ2v) is 10.6. The Morgan fingerprint density at radius 3 is 2.64 bits per heavy atom. The van der Waals surface area contributed by atoms with Crippen LogP contribution < -0.4 is 11.2 Å². The summed E-state index contributed by atoms with van der Waals surface area (Å²) in [5.41, 5.74) is 3.71. The lowest BCUT2D eigenvalue weighted by molar-refractivity contribution is -0.132. The number of amides is 1. The first kappa shape index (κ1) is 25.9. The first-order valence-corrected chi connectivity index (χ1v) is 13.3. The van der Waals surface area contributed by atoms with E-state index in [4.69, 9.17) is 4.98 Å². The molecule has 0 spiro atoms. The van der Waals surface area contributed by atoms with E-state index in [1.807, 2.05) is 9.47 Å². The minimum absolute atomic E-state index is 0.105. The summed E-state index contributed by atoms with van der Waals surface area (Å²) < 4.78 is 3.48. The third kappa shape index (κ3) is 5.18. The van der Waals surface area contributed by atoms with Crippen LogP contribution in [0.5, 0.6) is 0 Å². The number of carbonyl (C=O) groups is 1. The summed E-state index contributed by atoms with van der Waals surface area (Å²) in [5.74, 6) is 1.08. The van der Waals surface area contributed by atoms with Gasteiger partial charge < -0.3 is 9.47 Å². The Morgan fingerprint density at radius 1 is 1.17 bits per heavy atom. The second kappa shape index (κ2) is 10.8. The van der Waals surface area contributed by atoms with Gasteiger partial charge in [0.2, 0.25) is 5.91 Å². The van der Waals surface area contributed by atoms with E-state index in [0.717, 1.165) is 32.2 Å². The number of unbranched alkanes of at least 4 members (excludes halogenated alkanes) is 1. The van der Waals surface area contributed by atoms with E-state index in [1.165, 1.54) is 16.7 Å². The lowest BCUT2D eigenvalue weighted by Gasteiger charge is -2.26. The van der Waals surface area contributed by atoms with Gasteiger partial charge in [0.15, 0.2) is 11.2 Å². The fraction of sp³-hybridized carbons (Fsp3) is 0.571. The zero-order chi connectivity index (χ0) is 26.0. The van der Waals surface area contributed by atoms with E-state index in [2.05, 4.69) is 57.8 Å². The summed E-state index contributed by atoms with van der Waals surface area (Å²) in [6, 6.07) is 6.58. The van der Waals surface area contributed by atoms with Crippen molar-refractivity contribution in [2.75, 3.05) is 6.54 Å². The van der Waals surface area contributed by atoms with Gasteiger partial charge in [-0.1, -0.05) is 45.4 Å². The van der Waals surface area contributed by atoms with E-state index in [9.17, 15) is 14.4 Å². The molecule has 3 heterocycles. The second-order valence-electron chi connectivity index (χ2n) is 10.6. The molecule has 0 aliphatic carbocycles. The van der Waals surface area contributed by atoms with Gasteiger partial charge in [0.25, 0.3) is 5.56 Å². The number of benzene rings is 1. The van der Waals surface area contributed by atoms with Crippen molar-refractivity contribution in [3.8, 4) is 0 Å². The normalized spacial score (nSPS) is 15.9. The van der Waals surface area contributed by atoms with Gasteiger partial charge in [0.1, 0.15) is 5.82 Å². The number of imidazole rings is 1. The molecule has 3 aromatic rings. The number of rotatable bonds is 9. The molecule has 1 aromatic carbocycles. The number of aromatic nitrogens is 4. The largest absolute Gasteiger partial charge is 0.336 e. The highest BCUT2D eigenvalue weighted by atomic mass is 16.2. The van der Waals surface area contributed by atoms with Gasteiger partial charge in [-0.2, -0.15) is 0 Å². The molecular weight excluding hydrogens is 454 g/mol. The van der Waals surface area contributed by atoms with Crippen LogP contribution in [-0.2, 0) is 24.3 Å². The Kier molecular flexibility index (Phi) is 7.81. The first-order chi connectivity index (χ1) is 17.2. The molecule has 0 bridgehead atoms. The van der Waals surface area contributed by atoms with Crippen molar-refractivity contribution in [3.05, 3.63) is 61.6 Å². The van der Waals surface area contributed by atoms with Crippen LogP contribution in [0.4, 0.5) is 0 Å². The number of fused-ring (bicyclic) bond motifs is 1. The van der Waals surface area contributed by atoms with Crippen molar-refractivity contribution in [2.45, 2.75) is 92.3 Å². The third-order valence-electron chi connectivity index (χ3n) is 7.30. The average molecular weight is 494 g/mol. The van der Waals surface area contributed by atoms with Crippen LogP contribution in [0.2, 0.25) is 0 Å². The van der Waals surface area contributed by atoms with Crippen molar-refractivity contribution in [2.24, 2.45) is 5.92 Å². The molecule has 8 nitrogen and oxygen atoms in total. The molecule has 4 rings (SSSR count). The molecule has 194 valence electrons. The maximum atomic E-state index is 13.4. The molecule has 1 amide bonds. The van der Waals surface area contributed by atoms with Crippen LogP contribution in [0.25, 0.3) is 11.2 Å². The summed E-state index contributed by atoms with van der Waals surface area (Å²) >= 11 is 0. The Balaban J connectivity index is 1.62. The maximum Gasteiger partial charge on any atom is 0.330 e. The van der Waals surface area contributed by atoms with Crippen molar-refractivity contribution in [1.82, 2.24) is 24.0 Å². The predicted molar refractivity (Wildman–Crippen MR) is 142 cm³/mol. The Labute approximate surface area is 212 Å². The maximum absolute atomic E-state index is 13.4. The summed E-state index contributed by atoms with van der Waals surface area (Å²) in [6.07, 6.45) is 4.46. The van der Waals surface area contributed by atoms with Crippen molar-refractivity contribution < 1.29 is 4.79 Å². The van der Waals surface area contributed by atoms with Gasteiger partial charge in [-0.15, -0.1) is 0 Å². The molecule has 1 aliphatic heterocycles. The number of aryl methyl sites for hydroxylation is 4. The summed E-state index contributed by atoms with van der Waals surface area (Å²) in [5, 5.41) is 0. The molecule has 1 fully saturated rings. The van der Waals surface area contributed by atoms with Crippen LogP contribution in [-0.4, -0.2) is 36.5 Å². The van der Waals surface area contributed by atoms with Crippen LogP contribution in [0.3, 0.4) is 0 Å². The Bertz CT molecular complexity index is 1360. The average Bonchev–Trinajstić information content (AvgIpc) is 3.44. The lowest BCUT2D eigenvalue weighted by Crippen LogP contribution is -2.31. The molecule has 1 N–H and O–H groups in total. The first-order valence-electron chi connectivity index (χ1n) is 13.3. The van der Waals surface area contributed by atoms with Crippen molar-refractivity contribution in [1.29, 1.82) is 0 Å². The zero-order valence-corrected chi connectivity index (χ0v) is 22.3. The Morgan fingerprint density at radius 2 is 1.94 bits per heavy atom. The summed E-state index contributed by atoms with van der Waals surface area (Å²) in [4.78, 5) is 48.0. The molecule has 0 radical (unpaired) electrons. The van der Waals surface area contributed by atoms with E-state index >= 15 is 0 Å². The fourth-order valence-corrected chi connectivity index (χ4v) is 5.24. The monoisotopic (exact) mass is 493 g/mol. The van der Waals surface area contributed by atoms with Gasteiger partial charge >= 0.3 is 5.69 Å². The number of nitrogens with zero attached hydrogens (tertiary/aromatic N) is 4. The van der Waals surface area contributed by atoms with E-state index in [0.29, 0.717) is 42.9 Å². The number of hydrogen-bond donors (Lipinski definition) is 1. The number of likely N-dealkylation sites (tertiary alicyclic amines) is 1. The van der Waals surface area contributed by atoms with Gasteiger partial charge in [-0.3, -0.25) is 19.1 Å². The number of hydrogen-bond acceptors (Lipinski definition) is 4. The molecule has 8 heteroatoms. The number of aromatic amines is 1. The van der Waals surface area contributed by atoms with Crippen LogP contribution in [0.1, 0.15) is 81.4 Å². The molecule has 1 atom stereocenters. The van der Waals surface area contributed by atoms with Gasteiger partial charge in [0.05, 0.1) is 6.04 Å². The molecular formula is C28H39N5O3. The third-order valence-corrected chi connectivity index (χ3v) is 7.30. The van der Waals surface area contributed by atoms with Crippen LogP contribution in [0, 0.1) is 19.8 Å². The van der Waals surface area contributed by atoms with Gasteiger partial charge in [0, 0.05) is 32.5 Å². The van der Waals surface area contributed by atoms with Gasteiger partial charge in [-0.25, -0.2) is 9.78 Å². The standard InChI is InChI=1S/C28H39N5O3/c1-6-7-14-32-26-25(27(35)30-28(32)36)33(17-18(2)3)23(29-26)12-13-24(34)31-15-8-9-22(31)21-11-10-19(4)20(5)16-21/h10-11,16,18,22H,6-9,12-15,17H2,1-5H3,(H,30,35,36).